The molecule has 4 heteroatoms. The number of fused-ring (bicyclic) bond motifs is 1. The van der Waals surface area contributed by atoms with E-state index in [1.54, 1.807) is 0 Å². The average Bonchev–Trinajstić information content (AvgIpc) is 2.41. The van der Waals surface area contributed by atoms with Gasteiger partial charge in [0.1, 0.15) is 0 Å². The Balaban J connectivity index is 2.12. The lowest BCUT2D eigenvalue weighted by molar-refractivity contribution is -0.120. The van der Waals surface area contributed by atoms with Crippen molar-refractivity contribution in [3.05, 3.63) is 29.8 Å². The minimum Gasteiger partial charge on any atom is -0.362 e. The smallest absolute Gasteiger partial charge is 0.239 e. The van der Waals surface area contributed by atoms with E-state index in [1.807, 2.05) is 19.9 Å². The zero-order valence-electron chi connectivity index (χ0n) is 12.6. The van der Waals surface area contributed by atoms with Crippen LogP contribution in [0.5, 0.6) is 0 Å². The van der Waals surface area contributed by atoms with Crippen molar-refractivity contribution in [1.82, 2.24) is 10.6 Å². The Labute approximate surface area is 121 Å². The largest absolute Gasteiger partial charge is 0.362 e. The molecule has 2 N–H and O–H groups in total. The van der Waals surface area contributed by atoms with E-state index in [-0.39, 0.29) is 11.9 Å². The van der Waals surface area contributed by atoms with Gasteiger partial charge >= 0.3 is 0 Å². The molecular weight excluding hydrogens is 250 g/mol. The van der Waals surface area contributed by atoms with E-state index in [1.165, 1.54) is 11.3 Å². The lowest BCUT2D eigenvalue weighted by Crippen LogP contribution is -2.43. The maximum absolute atomic E-state index is 12.0. The summed E-state index contributed by atoms with van der Waals surface area (Å²) in [4.78, 5) is 14.2. The molecule has 1 atom stereocenters. The first-order chi connectivity index (χ1) is 9.61. The van der Waals surface area contributed by atoms with Crippen LogP contribution in [0.3, 0.4) is 0 Å². The van der Waals surface area contributed by atoms with Gasteiger partial charge < -0.3 is 15.5 Å². The van der Waals surface area contributed by atoms with Crippen molar-refractivity contribution in [1.29, 1.82) is 0 Å². The van der Waals surface area contributed by atoms with Gasteiger partial charge in [-0.3, -0.25) is 4.79 Å². The number of benzene rings is 1. The van der Waals surface area contributed by atoms with Crippen LogP contribution in [0.4, 0.5) is 5.69 Å². The van der Waals surface area contributed by atoms with E-state index < -0.39 is 0 Å². The first kappa shape index (κ1) is 14.9. The number of carbonyl (C=O) groups is 1. The number of para-hydroxylation sites is 1. The molecule has 0 aliphatic carbocycles. The van der Waals surface area contributed by atoms with Gasteiger partial charge in [-0.15, -0.1) is 0 Å². The van der Waals surface area contributed by atoms with Crippen molar-refractivity contribution in [3.8, 4) is 0 Å². The summed E-state index contributed by atoms with van der Waals surface area (Å²) in [6.45, 7) is 8.43. The summed E-state index contributed by atoms with van der Waals surface area (Å²) in [6.07, 6.45) is 1.04. The fourth-order valence-corrected chi connectivity index (χ4v) is 2.79. The second-order valence-electron chi connectivity index (χ2n) is 5.60. The van der Waals surface area contributed by atoms with Gasteiger partial charge in [0, 0.05) is 24.3 Å². The Morgan fingerprint density at radius 3 is 2.85 bits per heavy atom. The van der Waals surface area contributed by atoms with E-state index in [0.717, 1.165) is 19.5 Å². The Kier molecular flexibility index (Phi) is 5.01. The molecule has 0 spiro atoms. The zero-order valence-corrected chi connectivity index (χ0v) is 12.6. The number of nitrogens with zero attached hydrogens (tertiary/aromatic N) is 1. The van der Waals surface area contributed by atoms with Crippen molar-refractivity contribution < 1.29 is 4.79 Å². The van der Waals surface area contributed by atoms with Crippen LogP contribution in [0.25, 0.3) is 0 Å². The Morgan fingerprint density at radius 1 is 1.40 bits per heavy atom. The minimum atomic E-state index is 0.0942. The maximum atomic E-state index is 12.0. The van der Waals surface area contributed by atoms with Gasteiger partial charge in [0.2, 0.25) is 5.91 Å². The topological polar surface area (TPSA) is 44.4 Å². The molecule has 0 aromatic heterocycles. The van der Waals surface area contributed by atoms with Crippen LogP contribution in [-0.2, 0) is 4.79 Å². The van der Waals surface area contributed by atoms with E-state index in [0.29, 0.717) is 12.6 Å². The van der Waals surface area contributed by atoms with E-state index in [2.05, 4.69) is 40.7 Å². The van der Waals surface area contributed by atoms with Crippen molar-refractivity contribution in [2.24, 2.45) is 0 Å². The van der Waals surface area contributed by atoms with Gasteiger partial charge in [-0.25, -0.2) is 0 Å². The molecular formula is C16H25N3O. The zero-order chi connectivity index (χ0) is 14.5. The Bertz CT molecular complexity index is 459. The quantitative estimate of drug-likeness (QED) is 0.864. The van der Waals surface area contributed by atoms with Crippen molar-refractivity contribution in [3.63, 3.8) is 0 Å². The Morgan fingerprint density at radius 2 is 2.15 bits per heavy atom. The molecule has 1 aliphatic heterocycles. The average molecular weight is 275 g/mol. The Hall–Kier alpha value is -1.55. The fraction of sp³-hybridized carbons (Fsp3) is 0.562. The van der Waals surface area contributed by atoms with Crippen LogP contribution in [-0.4, -0.2) is 31.6 Å². The van der Waals surface area contributed by atoms with Crippen LogP contribution in [0.2, 0.25) is 0 Å². The third-order valence-corrected chi connectivity index (χ3v) is 3.58. The highest BCUT2D eigenvalue weighted by molar-refractivity contribution is 5.82. The molecule has 1 heterocycles. The molecule has 2 rings (SSSR count). The number of nitrogens with one attached hydrogen (secondary N) is 2. The molecule has 1 aliphatic rings. The molecule has 110 valence electrons. The molecule has 0 radical (unpaired) electrons. The predicted octanol–water partition coefficient (Wildman–Crippen LogP) is 2.07. The molecule has 1 aromatic rings. The van der Waals surface area contributed by atoms with Gasteiger partial charge in [-0.05, 0) is 38.4 Å². The summed E-state index contributed by atoms with van der Waals surface area (Å²) >= 11 is 0. The molecule has 0 saturated heterocycles. The summed E-state index contributed by atoms with van der Waals surface area (Å²) in [6, 6.07) is 8.98. The lowest BCUT2D eigenvalue weighted by atomic mass is 9.96. The molecule has 1 aromatic carbocycles. The normalized spacial score (nSPS) is 18.0. The first-order valence-electron chi connectivity index (χ1n) is 7.48. The summed E-state index contributed by atoms with van der Waals surface area (Å²) in [7, 11) is 0. The summed E-state index contributed by atoms with van der Waals surface area (Å²) in [5.74, 6) is 0.0942. The van der Waals surface area contributed by atoms with Crippen LogP contribution in [0.15, 0.2) is 24.3 Å². The second-order valence-corrected chi connectivity index (χ2v) is 5.60. The minimum absolute atomic E-state index is 0.0942. The fourth-order valence-electron chi connectivity index (χ4n) is 2.79. The monoisotopic (exact) mass is 275 g/mol. The number of rotatable bonds is 5. The lowest BCUT2D eigenvalue weighted by Gasteiger charge is -2.35. The van der Waals surface area contributed by atoms with E-state index in [4.69, 9.17) is 0 Å². The number of hydrogen-bond acceptors (Lipinski definition) is 3. The molecule has 0 saturated carbocycles. The molecule has 4 nitrogen and oxygen atoms in total. The number of hydrogen-bond donors (Lipinski definition) is 2. The van der Waals surface area contributed by atoms with E-state index in [9.17, 15) is 4.79 Å². The van der Waals surface area contributed by atoms with Gasteiger partial charge in [0.25, 0.3) is 0 Å². The molecule has 1 amide bonds. The van der Waals surface area contributed by atoms with Gasteiger partial charge in [0.15, 0.2) is 0 Å². The van der Waals surface area contributed by atoms with Crippen LogP contribution in [0, 0.1) is 0 Å². The van der Waals surface area contributed by atoms with Crippen LogP contribution >= 0.6 is 0 Å². The second kappa shape index (κ2) is 6.75. The third kappa shape index (κ3) is 3.51. The number of anilines is 1. The molecule has 0 fully saturated rings. The van der Waals surface area contributed by atoms with Gasteiger partial charge in [-0.1, -0.05) is 25.1 Å². The van der Waals surface area contributed by atoms with Crippen molar-refractivity contribution in [2.45, 2.75) is 39.3 Å². The highest BCUT2D eigenvalue weighted by atomic mass is 16.2. The van der Waals surface area contributed by atoms with Crippen LogP contribution in [0.1, 0.15) is 38.8 Å². The molecule has 1 unspecified atom stereocenters. The van der Waals surface area contributed by atoms with Crippen molar-refractivity contribution >= 4 is 11.6 Å². The first-order valence-corrected chi connectivity index (χ1v) is 7.48. The van der Waals surface area contributed by atoms with E-state index >= 15 is 0 Å². The highest BCUT2D eigenvalue weighted by Crippen LogP contribution is 2.33. The predicted molar refractivity (Wildman–Crippen MR) is 83.0 cm³/mol. The SMILES string of the molecule is CCNC1CCN(CC(=O)NC(C)C)c2ccccc21. The summed E-state index contributed by atoms with van der Waals surface area (Å²) in [5, 5.41) is 6.48. The van der Waals surface area contributed by atoms with Crippen molar-refractivity contribution in [2.75, 3.05) is 24.5 Å². The summed E-state index contributed by atoms with van der Waals surface area (Å²) < 4.78 is 0. The molecule has 0 bridgehead atoms. The van der Waals surface area contributed by atoms with Gasteiger partial charge in [0.05, 0.1) is 6.54 Å². The highest BCUT2D eigenvalue weighted by Gasteiger charge is 2.25. The number of amides is 1. The number of carbonyl (C=O) groups excluding carboxylic acids is 1. The van der Waals surface area contributed by atoms with Crippen LogP contribution < -0.4 is 15.5 Å². The maximum Gasteiger partial charge on any atom is 0.239 e. The van der Waals surface area contributed by atoms with Gasteiger partial charge in [-0.2, -0.15) is 0 Å². The molecule has 20 heavy (non-hydrogen) atoms. The third-order valence-electron chi connectivity index (χ3n) is 3.58. The summed E-state index contributed by atoms with van der Waals surface area (Å²) in [5.41, 5.74) is 2.49. The standard InChI is InChI=1S/C16H25N3O/c1-4-17-14-9-10-19(11-16(20)18-12(2)3)15-8-6-5-7-13(14)15/h5-8,12,14,17H,4,9-11H2,1-3H3,(H,18,20).